The number of hydrogen-bond acceptors (Lipinski definition) is 4. The van der Waals surface area contributed by atoms with Crippen LogP contribution in [0.3, 0.4) is 0 Å². The Hall–Kier alpha value is -2.10. The summed E-state index contributed by atoms with van der Waals surface area (Å²) in [5.41, 5.74) is -1.79. The molecule has 0 saturated carbocycles. The highest BCUT2D eigenvalue weighted by Crippen LogP contribution is 2.20. The number of nitrogens with one attached hydrogen (secondary N) is 1. The Labute approximate surface area is 110 Å². The molecule has 6 nitrogen and oxygen atoms in total. The molecule has 0 spiro atoms. The van der Waals surface area contributed by atoms with Gasteiger partial charge in [-0.25, -0.2) is 4.79 Å². The molecular weight excluding hydrogens is 279 g/mol. The van der Waals surface area contributed by atoms with Gasteiger partial charge in [0.2, 0.25) is 5.69 Å². The molecule has 0 bridgehead atoms. The highest BCUT2D eigenvalue weighted by atomic mass is 35.5. The maximum Gasteiger partial charge on any atom is 0.349 e. The summed E-state index contributed by atoms with van der Waals surface area (Å²) in [6, 6.07) is 5.93. The number of H-pyrrole nitrogens is 1. The van der Waals surface area contributed by atoms with Gasteiger partial charge in [-0.1, -0.05) is 23.2 Å². The lowest BCUT2D eigenvalue weighted by molar-refractivity contribution is 0.740. The van der Waals surface area contributed by atoms with Gasteiger partial charge < -0.3 is 0 Å². The van der Waals surface area contributed by atoms with Crippen LogP contribution in [0.25, 0.3) is 5.69 Å². The van der Waals surface area contributed by atoms with E-state index in [4.69, 9.17) is 28.5 Å². The average molecular weight is 283 g/mol. The van der Waals surface area contributed by atoms with Crippen LogP contribution in [0.4, 0.5) is 0 Å². The standard InChI is InChI=1S/C10H4Cl2N4O2/c11-5-1-6(12)3-7(2-5)16-10(18)14-9(17)8(4-13)15-16/h1-3H,(H,14,17,18). The van der Waals surface area contributed by atoms with Crippen LogP contribution < -0.4 is 11.2 Å². The summed E-state index contributed by atoms with van der Waals surface area (Å²) in [5, 5.41) is 12.9. The SMILES string of the molecule is N#Cc1nn(-c2cc(Cl)cc(Cl)c2)c(=O)[nH]c1=O. The Morgan fingerprint density at radius 1 is 1.22 bits per heavy atom. The Morgan fingerprint density at radius 2 is 1.83 bits per heavy atom. The molecule has 0 amide bonds. The third kappa shape index (κ3) is 2.27. The molecule has 0 aliphatic heterocycles. The summed E-state index contributed by atoms with van der Waals surface area (Å²) in [7, 11) is 0. The van der Waals surface area contributed by atoms with Crippen LogP contribution in [0, 0.1) is 11.3 Å². The van der Waals surface area contributed by atoms with Crippen LogP contribution in [-0.4, -0.2) is 14.8 Å². The van der Waals surface area contributed by atoms with Crippen molar-refractivity contribution in [2.45, 2.75) is 0 Å². The van der Waals surface area contributed by atoms with Gasteiger partial charge in [-0.05, 0) is 18.2 Å². The fraction of sp³-hybridized carbons (Fsp3) is 0. The van der Waals surface area contributed by atoms with Gasteiger partial charge in [0.15, 0.2) is 0 Å². The van der Waals surface area contributed by atoms with E-state index in [1.165, 1.54) is 18.2 Å². The van der Waals surface area contributed by atoms with Gasteiger partial charge in [0, 0.05) is 10.0 Å². The molecule has 2 rings (SSSR count). The van der Waals surface area contributed by atoms with E-state index < -0.39 is 16.9 Å². The zero-order valence-electron chi connectivity index (χ0n) is 8.65. The molecule has 1 aromatic heterocycles. The predicted octanol–water partition coefficient (Wildman–Crippen LogP) is 1.10. The summed E-state index contributed by atoms with van der Waals surface area (Å²) in [6.07, 6.45) is 0. The van der Waals surface area contributed by atoms with E-state index in [0.29, 0.717) is 10.0 Å². The quantitative estimate of drug-likeness (QED) is 0.848. The monoisotopic (exact) mass is 282 g/mol. The van der Waals surface area contributed by atoms with Crippen molar-refractivity contribution in [2.24, 2.45) is 0 Å². The van der Waals surface area contributed by atoms with Crippen LogP contribution in [0.15, 0.2) is 27.8 Å². The van der Waals surface area contributed by atoms with E-state index in [9.17, 15) is 9.59 Å². The highest BCUT2D eigenvalue weighted by molar-refractivity contribution is 6.34. The van der Waals surface area contributed by atoms with E-state index in [-0.39, 0.29) is 5.69 Å². The van der Waals surface area contributed by atoms with Gasteiger partial charge in [-0.15, -0.1) is 5.10 Å². The topological polar surface area (TPSA) is 91.5 Å². The van der Waals surface area contributed by atoms with Gasteiger partial charge in [0.25, 0.3) is 5.56 Å². The number of rotatable bonds is 1. The number of halogens is 2. The number of benzene rings is 1. The molecule has 0 atom stereocenters. The van der Waals surface area contributed by atoms with E-state index in [1.54, 1.807) is 6.07 Å². The molecule has 0 fully saturated rings. The third-order valence-corrected chi connectivity index (χ3v) is 2.46. The molecule has 2 aromatic rings. The molecule has 0 saturated heterocycles. The fourth-order valence-electron chi connectivity index (χ4n) is 1.31. The van der Waals surface area contributed by atoms with E-state index in [0.717, 1.165) is 4.68 Å². The minimum atomic E-state index is -0.841. The van der Waals surface area contributed by atoms with Crippen LogP contribution in [0.2, 0.25) is 10.0 Å². The number of hydrogen-bond donors (Lipinski definition) is 1. The van der Waals surface area contributed by atoms with Crippen molar-refractivity contribution in [3.8, 4) is 11.8 Å². The second kappa shape index (κ2) is 4.64. The van der Waals surface area contributed by atoms with E-state index in [1.807, 2.05) is 4.98 Å². The number of aromatic nitrogens is 3. The first-order valence-electron chi connectivity index (χ1n) is 4.61. The summed E-state index contributed by atoms with van der Waals surface area (Å²) in [4.78, 5) is 24.7. The number of nitrogens with zero attached hydrogens (tertiary/aromatic N) is 3. The van der Waals surface area contributed by atoms with Gasteiger partial charge >= 0.3 is 5.69 Å². The fourth-order valence-corrected chi connectivity index (χ4v) is 1.82. The van der Waals surface area contributed by atoms with Crippen molar-refractivity contribution in [1.29, 1.82) is 5.26 Å². The minimum Gasteiger partial charge on any atom is -0.270 e. The van der Waals surface area contributed by atoms with Crippen molar-refractivity contribution in [3.05, 3.63) is 54.8 Å². The van der Waals surface area contributed by atoms with Crippen molar-refractivity contribution >= 4 is 23.2 Å². The maximum atomic E-state index is 11.6. The third-order valence-electron chi connectivity index (χ3n) is 2.03. The highest BCUT2D eigenvalue weighted by Gasteiger charge is 2.09. The Balaban J connectivity index is 2.75. The molecule has 0 aliphatic carbocycles. The van der Waals surface area contributed by atoms with Gasteiger partial charge in [0.05, 0.1) is 5.69 Å². The van der Waals surface area contributed by atoms with Crippen molar-refractivity contribution in [1.82, 2.24) is 14.8 Å². The van der Waals surface area contributed by atoms with E-state index in [2.05, 4.69) is 5.10 Å². The largest absolute Gasteiger partial charge is 0.349 e. The molecule has 90 valence electrons. The van der Waals surface area contributed by atoms with Gasteiger partial charge in [-0.3, -0.25) is 9.78 Å². The van der Waals surface area contributed by atoms with Crippen LogP contribution >= 0.6 is 23.2 Å². The first kappa shape index (κ1) is 12.4. The average Bonchev–Trinajstić information content (AvgIpc) is 2.27. The lowest BCUT2D eigenvalue weighted by atomic mass is 10.3. The Morgan fingerprint density at radius 3 is 2.39 bits per heavy atom. The van der Waals surface area contributed by atoms with Gasteiger partial charge in [0.1, 0.15) is 6.07 Å². The summed E-state index contributed by atoms with van der Waals surface area (Å²) >= 11 is 11.6. The first-order chi connectivity index (χ1) is 8.51. The smallest absolute Gasteiger partial charge is 0.270 e. The molecule has 18 heavy (non-hydrogen) atoms. The Kier molecular flexibility index (Phi) is 3.19. The lowest BCUT2D eigenvalue weighted by Gasteiger charge is -2.04. The maximum absolute atomic E-state index is 11.6. The van der Waals surface area contributed by atoms with Gasteiger partial charge in [-0.2, -0.15) is 9.94 Å². The second-order valence-corrected chi connectivity index (χ2v) is 4.13. The second-order valence-electron chi connectivity index (χ2n) is 3.26. The molecule has 1 heterocycles. The number of aromatic amines is 1. The predicted molar refractivity (Wildman–Crippen MR) is 65.2 cm³/mol. The van der Waals surface area contributed by atoms with Crippen molar-refractivity contribution in [2.75, 3.05) is 0 Å². The molecular formula is C10H4Cl2N4O2. The van der Waals surface area contributed by atoms with Crippen LogP contribution in [0.1, 0.15) is 5.69 Å². The molecule has 1 N–H and O–H groups in total. The zero-order valence-corrected chi connectivity index (χ0v) is 10.2. The lowest BCUT2D eigenvalue weighted by Crippen LogP contribution is -2.33. The number of nitriles is 1. The summed E-state index contributed by atoms with van der Waals surface area (Å²) in [5.74, 6) is 0. The van der Waals surface area contributed by atoms with Crippen molar-refractivity contribution in [3.63, 3.8) is 0 Å². The van der Waals surface area contributed by atoms with E-state index >= 15 is 0 Å². The minimum absolute atomic E-state index is 0.255. The molecule has 0 unspecified atom stereocenters. The Bertz CT molecular complexity index is 752. The summed E-state index contributed by atoms with van der Waals surface area (Å²) in [6.45, 7) is 0. The first-order valence-corrected chi connectivity index (χ1v) is 5.37. The molecule has 0 aliphatic rings. The molecule has 0 radical (unpaired) electrons. The normalized spacial score (nSPS) is 10.1. The van der Waals surface area contributed by atoms with Crippen molar-refractivity contribution < 1.29 is 0 Å². The van der Waals surface area contributed by atoms with Crippen LogP contribution in [0.5, 0.6) is 0 Å². The molecule has 1 aromatic carbocycles. The molecule has 8 heteroatoms. The zero-order chi connectivity index (χ0) is 13.3. The van der Waals surface area contributed by atoms with Crippen LogP contribution in [-0.2, 0) is 0 Å². The summed E-state index contributed by atoms with van der Waals surface area (Å²) < 4.78 is 0.845.